The lowest BCUT2D eigenvalue weighted by Gasteiger charge is -2.49. The van der Waals surface area contributed by atoms with Gasteiger partial charge < -0.3 is 15.5 Å². The van der Waals surface area contributed by atoms with Crippen LogP contribution in [0, 0.1) is 0 Å². The molecule has 0 atom stereocenters. The number of benzene rings is 1. The Morgan fingerprint density at radius 2 is 1.80 bits per heavy atom. The van der Waals surface area contributed by atoms with Crippen molar-refractivity contribution in [2.45, 2.75) is 31.3 Å². The van der Waals surface area contributed by atoms with Crippen LogP contribution in [0.15, 0.2) is 24.3 Å². The predicted octanol–water partition coefficient (Wildman–Crippen LogP) is 2.24. The molecule has 0 saturated heterocycles. The largest absolute Gasteiger partial charge is 0.389 e. The summed E-state index contributed by atoms with van der Waals surface area (Å²) in [5, 5.41) is 0. The van der Waals surface area contributed by atoms with Crippen molar-refractivity contribution in [3.05, 3.63) is 35.4 Å². The maximum Gasteiger partial charge on any atom is 0.103 e. The Morgan fingerprint density at radius 1 is 1.20 bits per heavy atom. The number of nitrogens with zero attached hydrogens (tertiary/aromatic N) is 2. The summed E-state index contributed by atoms with van der Waals surface area (Å²) in [6, 6.07) is 8.26. The van der Waals surface area contributed by atoms with Gasteiger partial charge in [-0.25, -0.2) is 0 Å². The molecule has 1 fully saturated rings. The van der Waals surface area contributed by atoms with E-state index in [1.807, 2.05) is 12.1 Å². The molecule has 3 nitrogen and oxygen atoms in total. The Kier molecular flexibility index (Phi) is 4.78. The monoisotopic (exact) mass is 291 g/mol. The van der Waals surface area contributed by atoms with Gasteiger partial charge in [0.05, 0.1) is 0 Å². The molecule has 0 aromatic heterocycles. The Hall–Kier alpha value is -0.970. The van der Waals surface area contributed by atoms with E-state index in [0.29, 0.717) is 10.5 Å². The summed E-state index contributed by atoms with van der Waals surface area (Å²) < 4.78 is 0. The van der Waals surface area contributed by atoms with Crippen LogP contribution in [-0.2, 0) is 6.54 Å². The summed E-state index contributed by atoms with van der Waals surface area (Å²) in [4.78, 5) is 5.27. The molecule has 4 heteroatoms. The maximum atomic E-state index is 5.62. The number of likely N-dealkylation sites (N-methyl/N-ethyl adjacent to an activating group) is 2. The van der Waals surface area contributed by atoms with Crippen molar-refractivity contribution >= 4 is 17.2 Å². The van der Waals surface area contributed by atoms with Gasteiger partial charge in [0.15, 0.2) is 0 Å². The minimum absolute atomic E-state index is 0.382. The van der Waals surface area contributed by atoms with Crippen molar-refractivity contribution in [1.29, 1.82) is 0 Å². The average Bonchev–Trinajstić information content (AvgIpc) is 2.34. The van der Waals surface area contributed by atoms with Gasteiger partial charge in [0, 0.05) is 24.2 Å². The molecule has 110 valence electrons. The van der Waals surface area contributed by atoms with Crippen molar-refractivity contribution in [2.75, 3.05) is 27.7 Å². The molecule has 2 N–H and O–H groups in total. The fraction of sp³-hybridized carbons (Fsp3) is 0.562. The van der Waals surface area contributed by atoms with Crippen molar-refractivity contribution in [3.8, 4) is 0 Å². The lowest BCUT2D eigenvalue weighted by atomic mass is 9.75. The number of hydrogen-bond donors (Lipinski definition) is 1. The van der Waals surface area contributed by atoms with Crippen LogP contribution in [0.2, 0.25) is 0 Å². The summed E-state index contributed by atoms with van der Waals surface area (Å²) in [5.41, 5.74) is 8.25. The second-order valence-electron chi connectivity index (χ2n) is 6.21. The fourth-order valence-electron chi connectivity index (χ4n) is 2.98. The first-order chi connectivity index (χ1) is 9.43. The molecule has 0 bridgehead atoms. The maximum absolute atomic E-state index is 5.62. The Bertz CT molecular complexity index is 463. The van der Waals surface area contributed by atoms with E-state index < -0.39 is 0 Å². The minimum atomic E-state index is 0.382. The predicted molar refractivity (Wildman–Crippen MR) is 88.9 cm³/mol. The zero-order valence-corrected chi connectivity index (χ0v) is 13.5. The van der Waals surface area contributed by atoms with E-state index in [9.17, 15) is 0 Å². The minimum Gasteiger partial charge on any atom is -0.389 e. The fourth-order valence-corrected chi connectivity index (χ4v) is 3.11. The third-order valence-corrected chi connectivity index (χ3v) is 4.72. The molecular formula is C16H25N3S. The smallest absolute Gasteiger partial charge is 0.103 e. The molecule has 0 aliphatic heterocycles. The quantitative estimate of drug-likeness (QED) is 0.815. The summed E-state index contributed by atoms with van der Waals surface area (Å²) in [6.45, 7) is 2.09. The van der Waals surface area contributed by atoms with Gasteiger partial charge in [0.2, 0.25) is 0 Å². The van der Waals surface area contributed by atoms with E-state index in [0.717, 1.165) is 18.7 Å². The third kappa shape index (κ3) is 3.37. The topological polar surface area (TPSA) is 32.5 Å². The van der Waals surface area contributed by atoms with E-state index in [2.05, 4.69) is 43.1 Å². The van der Waals surface area contributed by atoms with Crippen molar-refractivity contribution in [3.63, 3.8) is 0 Å². The van der Waals surface area contributed by atoms with Gasteiger partial charge in [-0.3, -0.25) is 0 Å². The van der Waals surface area contributed by atoms with Gasteiger partial charge in [-0.15, -0.1) is 0 Å². The first-order valence-corrected chi connectivity index (χ1v) is 7.58. The number of nitrogens with two attached hydrogens (primary N) is 1. The van der Waals surface area contributed by atoms with Crippen LogP contribution < -0.4 is 5.73 Å². The number of thiocarbonyl (C=S) groups is 1. The van der Waals surface area contributed by atoms with Crippen molar-refractivity contribution < 1.29 is 0 Å². The molecule has 0 heterocycles. The lowest BCUT2D eigenvalue weighted by molar-refractivity contribution is 0.0259. The van der Waals surface area contributed by atoms with Crippen LogP contribution in [-0.4, -0.2) is 48.0 Å². The Balaban J connectivity index is 1.94. The summed E-state index contributed by atoms with van der Waals surface area (Å²) in [6.07, 6.45) is 3.98. The molecule has 1 aliphatic rings. The van der Waals surface area contributed by atoms with Gasteiger partial charge in [-0.1, -0.05) is 36.5 Å². The van der Waals surface area contributed by atoms with E-state index in [-0.39, 0.29) is 0 Å². The number of hydrogen-bond acceptors (Lipinski definition) is 3. The molecule has 1 aliphatic carbocycles. The molecule has 20 heavy (non-hydrogen) atoms. The van der Waals surface area contributed by atoms with Gasteiger partial charge >= 0.3 is 0 Å². The van der Waals surface area contributed by atoms with Crippen molar-refractivity contribution in [1.82, 2.24) is 9.80 Å². The van der Waals surface area contributed by atoms with Crippen LogP contribution in [0.5, 0.6) is 0 Å². The number of rotatable bonds is 6. The van der Waals surface area contributed by atoms with Crippen molar-refractivity contribution in [2.24, 2.45) is 5.73 Å². The van der Waals surface area contributed by atoms with Crippen LogP contribution in [0.1, 0.15) is 30.4 Å². The standard InChI is InChI=1S/C16H25N3S/c1-18(2)16(9-4-10-16)12-19(3)11-13-5-7-14(8-6-13)15(17)20/h5-8H,4,9-12H2,1-3H3,(H2,17,20). The van der Waals surface area contributed by atoms with E-state index in [1.165, 1.54) is 24.8 Å². The molecular weight excluding hydrogens is 266 g/mol. The molecule has 1 saturated carbocycles. The van der Waals surface area contributed by atoms with E-state index >= 15 is 0 Å². The summed E-state index contributed by atoms with van der Waals surface area (Å²) in [7, 11) is 6.60. The van der Waals surface area contributed by atoms with Gasteiger partial charge in [-0.2, -0.15) is 0 Å². The summed E-state index contributed by atoms with van der Waals surface area (Å²) in [5.74, 6) is 0. The molecule has 1 aromatic carbocycles. The van der Waals surface area contributed by atoms with Gasteiger partial charge in [0.1, 0.15) is 4.99 Å². The third-order valence-electron chi connectivity index (χ3n) is 4.49. The van der Waals surface area contributed by atoms with Crippen LogP contribution in [0.25, 0.3) is 0 Å². The highest BCUT2D eigenvalue weighted by molar-refractivity contribution is 7.80. The highest BCUT2D eigenvalue weighted by Gasteiger charge is 2.39. The molecule has 0 radical (unpaired) electrons. The zero-order valence-electron chi connectivity index (χ0n) is 12.7. The zero-order chi connectivity index (χ0) is 14.8. The Morgan fingerprint density at radius 3 is 2.20 bits per heavy atom. The SMILES string of the molecule is CN(Cc1ccc(C(N)=S)cc1)CC1(N(C)C)CCC1. The molecule has 0 unspecified atom stereocenters. The van der Waals surface area contributed by atoms with Crippen LogP contribution in [0.4, 0.5) is 0 Å². The van der Waals surface area contributed by atoms with Gasteiger partial charge in [-0.05, 0) is 46.0 Å². The second kappa shape index (κ2) is 6.20. The van der Waals surface area contributed by atoms with E-state index in [4.69, 9.17) is 18.0 Å². The molecule has 1 aromatic rings. The van der Waals surface area contributed by atoms with E-state index in [1.54, 1.807) is 0 Å². The highest BCUT2D eigenvalue weighted by Crippen LogP contribution is 2.36. The molecule has 0 amide bonds. The first-order valence-electron chi connectivity index (χ1n) is 7.18. The van der Waals surface area contributed by atoms with Crippen LogP contribution in [0.3, 0.4) is 0 Å². The molecule has 0 spiro atoms. The second-order valence-corrected chi connectivity index (χ2v) is 6.65. The Labute approximate surface area is 127 Å². The van der Waals surface area contributed by atoms with Gasteiger partial charge in [0.25, 0.3) is 0 Å². The average molecular weight is 291 g/mol. The highest BCUT2D eigenvalue weighted by atomic mass is 32.1. The lowest BCUT2D eigenvalue weighted by Crippen LogP contribution is -2.56. The van der Waals surface area contributed by atoms with Crippen LogP contribution >= 0.6 is 12.2 Å². The molecule has 2 rings (SSSR count). The first kappa shape index (κ1) is 15.4. The normalized spacial score (nSPS) is 17.2. The summed E-state index contributed by atoms with van der Waals surface area (Å²) >= 11 is 4.98.